The van der Waals surface area contributed by atoms with Crippen LogP contribution in [0, 0.1) is 6.92 Å². The number of carbonyl (C=O) groups is 2. The van der Waals surface area contributed by atoms with E-state index in [0.717, 1.165) is 16.0 Å². The molecule has 2 heterocycles. The van der Waals surface area contributed by atoms with Gasteiger partial charge < -0.3 is 25.4 Å². The number of aromatic amines is 2. The lowest BCUT2D eigenvalue weighted by Crippen LogP contribution is -3.11. The van der Waals surface area contributed by atoms with Crippen LogP contribution >= 0.6 is 11.6 Å². The van der Waals surface area contributed by atoms with Gasteiger partial charge in [-0.15, -0.1) is 11.6 Å². The Morgan fingerprint density at radius 2 is 1.83 bits per heavy atom. The third-order valence-corrected chi connectivity index (χ3v) is 9.04. The van der Waals surface area contributed by atoms with Crippen molar-refractivity contribution in [1.82, 2.24) is 15.3 Å². The van der Waals surface area contributed by atoms with Gasteiger partial charge in [0.05, 0.1) is 30.1 Å². The molecule has 1 saturated heterocycles. The van der Waals surface area contributed by atoms with E-state index in [1.807, 2.05) is 33.0 Å². The summed E-state index contributed by atoms with van der Waals surface area (Å²) in [5.74, 6) is -0.566. The highest BCUT2D eigenvalue weighted by molar-refractivity contribution is 6.15. The number of hydrogen-bond acceptors (Lipinski definition) is 6. The van der Waals surface area contributed by atoms with Gasteiger partial charge in [0.2, 0.25) is 0 Å². The van der Waals surface area contributed by atoms with Crippen LogP contribution in [-0.4, -0.2) is 70.0 Å². The van der Waals surface area contributed by atoms with E-state index in [4.69, 9.17) is 0 Å². The van der Waals surface area contributed by atoms with Gasteiger partial charge in [-0.3, -0.25) is 19.4 Å². The fourth-order valence-corrected chi connectivity index (χ4v) is 6.79. The van der Waals surface area contributed by atoms with Crippen molar-refractivity contribution in [2.75, 3.05) is 26.5 Å². The van der Waals surface area contributed by atoms with Gasteiger partial charge in [0.1, 0.15) is 23.2 Å². The Hall–Kier alpha value is -3.73. The molecule has 2 fully saturated rings. The normalized spacial score (nSPS) is 24.9. The molecule has 1 saturated carbocycles. The number of aryl methyl sites for hydroxylation is 1. The monoisotopic (exact) mass is 597 g/mol. The molecule has 10 nitrogen and oxygen atoms in total. The van der Waals surface area contributed by atoms with Crippen LogP contribution in [0.25, 0.3) is 11.1 Å². The van der Waals surface area contributed by atoms with Crippen molar-refractivity contribution in [3.63, 3.8) is 0 Å². The second-order valence-corrected chi connectivity index (χ2v) is 11.3. The van der Waals surface area contributed by atoms with Crippen molar-refractivity contribution in [3.8, 4) is 16.9 Å². The summed E-state index contributed by atoms with van der Waals surface area (Å²) in [4.78, 5) is 54.9. The first kappa shape index (κ1) is 31.2. The number of fused-ring (bicyclic) bond motifs is 1. The van der Waals surface area contributed by atoms with Gasteiger partial charge >= 0.3 is 5.69 Å². The predicted molar refractivity (Wildman–Crippen MR) is 160 cm³/mol. The van der Waals surface area contributed by atoms with Gasteiger partial charge in [-0.25, -0.2) is 4.79 Å². The molecular weight excluding hydrogens is 560 g/mol. The Morgan fingerprint density at radius 1 is 1.14 bits per heavy atom. The second-order valence-electron chi connectivity index (χ2n) is 11.3. The highest BCUT2D eigenvalue weighted by Gasteiger charge is 2.67. The van der Waals surface area contributed by atoms with E-state index >= 15 is 0 Å². The summed E-state index contributed by atoms with van der Waals surface area (Å²) in [6.45, 7) is 4.60. The van der Waals surface area contributed by atoms with Crippen molar-refractivity contribution in [2.24, 2.45) is 0 Å². The molecule has 2 aromatic carbocycles. The Labute approximate surface area is 248 Å². The van der Waals surface area contributed by atoms with Crippen LogP contribution in [0.4, 0.5) is 0 Å². The number of halogens is 1. The molecular formula is C31H38ClN4O6+. The van der Waals surface area contributed by atoms with Crippen molar-refractivity contribution in [1.29, 1.82) is 0 Å². The number of H-pyrrole nitrogens is 2. The van der Waals surface area contributed by atoms with Gasteiger partial charge in [-0.05, 0) is 49.4 Å². The van der Waals surface area contributed by atoms with Crippen LogP contribution in [0.3, 0.4) is 0 Å². The third-order valence-electron chi connectivity index (χ3n) is 9.04. The van der Waals surface area contributed by atoms with E-state index in [1.165, 1.54) is 12.6 Å². The minimum atomic E-state index is -1.17. The molecule has 1 aliphatic heterocycles. The summed E-state index contributed by atoms with van der Waals surface area (Å²) in [6, 6.07) is 10.4. The minimum absolute atomic E-state index is 0.0522. The molecule has 2 unspecified atom stereocenters. The number of aromatic hydroxyl groups is 1. The number of rotatable bonds is 6. The fourth-order valence-electron chi connectivity index (χ4n) is 6.79. The number of hydrogen-bond donors (Lipinski definition) is 6. The number of benzene rings is 2. The molecule has 11 heteroatoms. The predicted octanol–water partition coefficient (Wildman–Crippen LogP) is 1.21. The van der Waals surface area contributed by atoms with E-state index in [1.54, 1.807) is 24.3 Å². The van der Waals surface area contributed by atoms with Crippen molar-refractivity contribution >= 4 is 23.3 Å². The molecule has 0 bridgehead atoms. The average molecular weight is 598 g/mol. The van der Waals surface area contributed by atoms with Crippen molar-refractivity contribution in [3.05, 3.63) is 85.7 Å². The first-order valence-corrected chi connectivity index (χ1v) is 14.7. The average Bonchev–Trinajstić information content (AvgIpc) is 3.15. The number of nitrogens with one attached hydrogen (secondary N) is 4. The molecule has 2 aliphatic rings. The molecule has 224 valence electrons. The summed E-state index contributed by atoms with van der Waals surface area (Å²) in [7, 11) is 1.99. The number of amides is 1. The summed E-state index contributed by atoms with van der Waals surface area (Å²) < 4.78 is 0. The van der Waals surface area contributed by atoms with Gasteiger partial charge in [-0.1, -0.05) is 30.3 Å². The molecule has 1 aromatic heterocycles. The first-order chi connectivity index (χ1) is 20.0. The van der Waals surface area contributed by atoms with Crippen LogP contribution in [0.1, 0.15) is 53.2 Å². The molecule has 1 aliphatic carbocycles. The summed E-state index contributed by atoms with van der Waals surface area (Å²) in [6.07, 6.45) is 4.12. The Morgan fingerprint density at radius 3 is 2.50 bits per heavy atom. The van der Waals surface area contributed by atoms with E-state index in [9.17, 15) is 29.4 Å². The van der Waals surface area contributed by atoms with Gasteiger partial charge in [-0.2, -0.15) is 0 Å². The van der Waals surface area contributed by atoms with Crippen molar-refractivity contribution in [2.45, 2.75) is 56.6 Å². The number of likely N-dealkylation sites (tertiary alicyclic amines) is 1. The number of Topliss-reactive ketones (excluding diaryl/α,β-unsaturated/α-hetero) is 1. The number of likely N-dealkylation sites (N-methyl/N-ethyl adjacent to an activating group) is 1. The van der Waals surface area contributed by atoms with Gasteiger partial charge in [0.25, 0.3) is 11.5 Å². The summed E-state index contributed by atoms with van der Waals surface area (Å²) in [5.41, 5.74) is 0.0859. The molecule has 5 rings (SSSR count). The summed E-state index contributed by atoms with van der Waals surface area (Å²) in [5, 5.41) is 26.2. The number of ketones is 1. The number of phenolic OH excluding ortho intramolecular Hbond substituents is 1. The van der Waals surface area contributed by atoms with Gasteiger partial charge in [0.15, 0.2) is 0 Å². The van der Waals surface area contributed by atoms with Gasteiger partial charge in [0, 0.05) is 37.5 Å². The maximum atomic E-state index is 13.2. The molecule has 42 heavy (non-hydrogen) atoms. The number of quaternary nitrogens is 1. The number of alkyl halides is 1. The highest BCUT2D eigenvalue weighted by atomic mass is 35.5. The highest BCUT2D eigenvalue weighted by Crippen LogP contribution is 2.52. The zero-order valence-electron chi connectivity index (χ0n) is 24.3. The topological polar surface area (TPSA) is 157 Å². The van der Waals surface area contributed by atoms with Crippen LogP contribution in [0.5, 0.6) is 5.75 Å². The standard InChI is InChI=1S/C30H34N4O6.CH3Cl/c1-17-4-9-22(25(36)24(17)29-14-21(35)10-12-30(29,40)18(2)34(3)16-29)26(37)31-13-11-19-5-7-20(8-6-19)23-15-32-28(39)33-27(23)38;1-2/h4-9,15,18,36,40H,10-14,16H2,1-3H3,(H,31,37)(H2,32,33,38,39);1H3/p+1/t18-,29?,30-;/m1./s1. The van der Waals surface area contributed by atoms with E-state index in [0.29, 0.717) is 49.0 Å². The molecule has 6 N–H and O–H groups in total. The third kappa shape index (κ3) is 5.42. The van der Waals surface area contributed by atoms with Crippen LogP contribution in [0.2, 0.25) is 0 Å². The quantitative estimate of drug-likeness (QED) is 0.235. The summed E-state index contributed by atoms with van der Waals surface area (Å²) >= 11 is 4.64. The SMILES string of the molecule is CCl.Cc1ccc(C(=O)NCCc2ccc(-c3c[nH]c(=O)[nH]c3=O)cc2)c(O)c1C12CC(=O)CC[C@@]1(O)[C@@H](C)[NH+](C)C2. The smallest absolute Gasteiger partial charge is 0.325 e. The second kappa shape index (κ2) is 12.2. The van der Waals surface area contributed by atoms with Crippen LogP contribution in [-0.2, 0) is 16.6 Å². The lowest BCUT2D eigenvalue weighted by atomic mass is 9.58. The maximum absolute atomic E-state index is 13.2. The van der Waals surface area contributed by atoms with Crippen LogP contribution < -0.4 is 21.5 Å². The molecule has 0 radical (unpaired) electrons. The number of aliphatic hydroxyl groups is 1. The zero-order valence-corrected chi connectivity index (χ0v) is 25.0. The Bertz CT molecular complexity index is 1600. The van der Waals surface area contributed by atoms with E-state index < -0.39 is 28.2 Å². The molecule has 4 atom stereocenters. The number of phenols is 1. The maximum Gasteiger partial charge on any atom is 0.325 e. The Balaban J connectivity index is 0.00000198. The zero-order chi connectivity index (χ0) is 30.8. The van der Waals surface area contributed by atoms with Crippen molar-refractivity contribution < 1.29 is 24.7 Å². The first-order valence-electron chi connectivity index (χ1n) is 13.9. The molecule has 0 spiro atoms. The number of aromatic nitrogens is 2. The fraction of sp³-hybridized carbons (Fsp3) is 0.419. The molecule has 3 aromatic rings. The number of carbonyl (C=O) groups excluding carboxylic acids is 2. The lowest BCUT2D eigenvalue weighted by Gasteiger charge is -2.44. The minimum Gasteiger partial charge on any atom is -0.507 e. The van der Waals surface area contributed by atoms with Crippen LogP contribution in [0.15, 0.2) is 52.2 Å². The van der Waals surface area contributed by atoms with E-state index in [-0.39, 0.29) is 29.6 Å². The lowest BCUT2D eigenvalue weighted by molar-refractivity contribution is -0.895. The molecule has 1 amide bonds. The van der Waals surface area contributed by atoms with E-state index in [2.05, 4.69) is 26.9 Å². The Kier molecular flexibility index (Phi) is 9.10. The largest absolute Gasteiger partial charge is 0.507 e.